The molecule has 2 rings (SSSR count). The zero-order valence-corrected chi connectivity index (χ0v) is 11.2. The maximum atomic E-state index is 13.6. The summed E-state index contributed by atoms with van der Waals surface area (Å²) in [5, 5.41) is 5.16. The molecule has 112 valence electrons. The van der Waals surface area contributed by atoms with E-state index in [2.05, 4.69) is 15.6 Å². The Hall–Kier alpha value is -2.31. The van der Waals surface area contributed by atoms with E-state index in [-0.39, 0.29) is 23.7 Å². The molecule has 0 bridgehead atoms. The molecule has 0 radical (unpaired) electrons. The van der Waals surface area contributed by atoms with E-state index in [1.807, 2.05) is 0 Å². The monoisotopic (exact) mass is 299 g/mol. The summed E-state index contributed by atoms with van der Waals surface area (Å²) in [5.74, 6) is -3.31. The van der Waals surface area contributed by atoms with Crippen LogP contribution in [0.5, 0.6) is 0 Å². The fourth-order valence-corrected chi connectivity index (χ4v) is 1.74. The third kappa shape index (κ3) is 3.62. The molecule has 0 saturated carbocycles. The molecular weight excluding hydrogens is 286 g/mol. The van der Waals surface area contributed by atoms with Crippen molar-refractivity contribution in [1.82, 2.24) is 4.98 Å². The number of hydrogen-bond acceptors (Lipinski definition) is 3. The van der Waals surface area contributed by atoms with Gasteiger partial charge in [-0.2, -0.15) is 0 Å². The second kappa shape index (κ2) is 6.43. The predicted octanol–water partition coefficient (Wildman–Crippen LogP) is 3.68. The number of halogens is 4. The van der Waals surface area contributed by atoms with Gasteiger partial charge in [0.25, 0.3) is 0 Å². The lowest BCUT2D eigenvalue weighted by molar-refractivity contribution is 0.575. The van der Waals surface area contributed by atoms with Crippen LogP contribution in [0, 0.1) is 23.3 Å². The van der Waals surface area contributed by atoms with Gasteiger partial charge in [-0.05, 0) is 25.1 Å². The topological polar surface area (TPSA) is 37.0 Å². The summed E-state index contributed by atoms with van der Waals surface area (Å²) in [5.41, 5.74) is 0.0190. The first-order valence-corrected chi connectivity index (χ1v) is 6.29. The Labute approximate surface area is 119 Å². The Morgan fingerprint density at radius 1 is 0.905 bits per heavy atom. The van der Waals surface area contributed by atoms with E-state index in [0.717, 1.165) is 18.2 Å². The Kier molecular flexibility index (Phi) is 4.62. The van der Waals surface area contributed by atoms with Gasteiger partial charge in [-0.1, -0.05) is 0 Å². The molecule has 0 amide bonds. The standard InChI is InChI=1S/C14H13F4N3/c1-2-19-13-11(17)6-12(18)14(21-13)20-7-8-5-9(15)3-4-10(8)16/h3-6H,2,7H2,1H3,(H2,19,20,21). The average Bonchev–Trinajstić information content (AvgIpc) is 2.44. The molecule has 0 aliphatic heterocycles. The van der Waals surface area contributed by atoms with Crippen molar-refractivity contribution < 1.29 is 17.6 Å². The zero-order valence-electron chi connectivity index (χ0n) is 11.2. The fourth-order valence-electron chi connectivity index (χ4n) is 1.74. The van der Waals surface area contributed by atoms with Gasteiger partial charge in [-0.25, -0.2) is 22.5 Å². The van der Waals surface area contributed by atoms with Crippen LogP contribution in [-0.2, 0) is 6.54 Å². The summed E-state index contributed by atoms with van der Waals surface area (Å²) >= 11 is 0. The van der Waals surface area contributed by atoms with E-state index in [4.69, 9.17) is 0 Å². The van der Waals surface area contributed by atoms with Gasteiger partial charge < -0.3 is 10.6 Å². The fraction of sp³-hybridized carbons (Fsp3) is 0.214. The third-order valence-corrected chi connectivity index (χ3v) is 2.73. The molecule has 1 aromatic carbocycles. The highest BCUT2D eigenvalue weighted by molar-refractivity contribution is 5.47. The number of aromatic nitrogens is 1. The van der Waals surface area contributed by atoms with Gasteiger partial charge in [-0.15, -0.1) is 0 Å². The maximum absolute atomic E-state index is 13.6. The average molecular weight is 299 g/mol. The highest BCUT2D eigenvalue weighted by Crippen LogP contribution is 2.20. The quantitative estimate of drug-likeness (QED) is 0.827. The largest absolute Gasteiger partial charge is 0.368 e. The second-order valence-electron chi connectivity index (χ2n) is 4.27. The first-order chi connectivity index (χ1) is 10.0. The van der Waals surface area contributed by atoms with Crippen molar-refractivity contribution in [1.29, 1.82) is 0 Å². The van der Waals surface area contributed by atoms with Crippen LogP contribution in [0.2, 0.25) is 0 Å². The molecule has 21 heavy (non-hydrogen) atoms. The Balaban J connectivity index is 2.19. The van der Waals surface area contributed by atoms with Crippen molar-refractivity contribution in [2.24, 2.45) is 0 Å². The molecule has 0 aliphatic rings. The van der Waals surface area contributed by atoms with Crippen molar-refractivity contribution in [3.63, 3.8) is 0 Å². The van der Waals surface area contributed by atoms with Crippen LogP contribution >= 0.6 is 0 Å². The zero-order chi connectivity index (χ0) is 15.4. The first kappa shape index (κ1) is 15.1. The lowest BCUT2D eigenvalue weighted by Gasteiger charge is -2.11. The van der Waals surface area contributed by atoms with Gasteiger partial charge in [0.2, 0.25) is 0 Å². The van der Waals surface area contributed by atoms with E-state index in [0.29, 0.717) is 12.6 Å². The molecule has 2 aromatic rings. The van der Waals surface area contributed by atoms with E-state index >= 15 is 0 Å². The molecule has 2 N–H and O–H groups in total. The van der Waals surface area contributed by atoms with E-state index in [1.165, 1.54) is 0 Å². The summed E-state index contributed by atoms with van der Waals surface area (Å²) in [6.45, 7) is 1.97. The Bertz CT molecular complexity index is 646. The van der Waals surface area contributed by atoms with Crippen molar-refractivity contribution in [2.45, 2.75) is 13.5 Å². The molecule has 0 aliphatic carbocycles. The molecule has 7 heteroatoms. The van der Waals surface area contributed by atoms with Crippen LogP contribution in [0.25, 0.3) is 0 Å². The van der Waals surface area contributed by atoms with Crippen molar-refractivity contribution in [3.05, 3.63) is 53.1 Å². The predicted molar refractivity (Wildman–Crippen MR) is 72.0 cm³/mol. The summed E-state index contributed by atoms with van der Waals surface area (Å²) in [4.78, 5) is 3.74. The van der Waals surface area contributed by atoms with Crippen LogP contribution in [0.1, 0.15) is 12.5 Å². The highest BCUT2D eigenvalue weighted by atomic mass is 19.1. The molecule has 1 heterocycles. The number of anilines is 2. The summed E-state index contributed by atoms with van der Waals surface area (Å²) in [7, 11) is 0. The normalized spacial score (nSPS) is 10.5. The molecule has 0 atom stereocenters. The van der Waals surface area contributed by atoms with Crippen LogP contribution in [-0.4, -0.2) is 11.5 Å². The van der Waals surface area contributed by atoms with Gasteiger partial charge in [0.15, 0.2) is 23.3 Å². The molecule has 0 unspecified atom stereocenters. The van der Waals surface area contributed by atoms with Crippen LogP contribution in [0.4, 0.5) is 29.2 Å². The molecule has 0 saturated heterocycles. The van der Waals surface area contributed by atoms with Gasteiger partial charge in [-0.3, -0.25) is 0 Å². The van der Waals surface area contributed by atoms with Crippen molar-refractivity contribution >= 4 is 11.6 Å². The van der Waals surface area contributed by atoms with Crippen LogP contribution in [0.3, 0.4) is 0 Å². The maximum Gasteiger partial charge on any atom is 0.168 e. The number of rotatable bonds is 5. The third-order valence-electron chi connectivity index (χ3n) is 2.73. The Morgan fingerprint density at radius 3 is 2.24 bits per heavy atom. The summed E-state index contributed by atoms with van der Waals surface area (Å²) < 4.78 is 53.5. The number of hydrogen-bond donors (Lipinski definition) is 2. The van der Waals surface area contributed by atoms with Crippen molar-refractivity contribution in [2.75, 3.05) is 17.2 Å². The van der Waals surface area contributed by atoms with E-state index in [1.54, 1.807) is 6.92 Å². The molecule has 3 nitrogen and oxygen atoms in total. The number of benzene rings is 1. The molecule has 1 aromatic heterocycles. The number of nitrogens with zero attached hydrogens (tertiary/aromatic N) is 1. The first-order valence-electron chi connectivity index (χ1n) is 6.29. The molecule has 0 fully saturated rings. The lowest BCUT2D eigenvalue weighted by atomic mass is 10.2. The molecule has 0 spiro atoms. The van der Waals surface area contributed by atoms with Gasteiger partial charge in [0, 0.05) is 24.7 Å². The van der Waals surface area contributed by atoms with Crippen molar-refractivity contribution in [3.8, 4) is 0 Å². The lowest BCUT2D eigenvalue weighted by Crippen LogP contribution is -2.09. The number of nitrogens with one attached hydrogen (secondary N) is 2. The smallest absolute Gasteiger partial charge is 0.168 e. The summed E-state index contributed by atoms with van der Waals surface area (Å²) in [6, 6.07) is 3.63. The van der Waals surface area contributed by atoms with E-state index in [9.17, 15) is 17.6 Å². The number of pyridine rings is 1. The minimum Gasteiger partial charge on any atom is -0.368 e. The van der Waals surface area contributed by atoms with E-state index < -0.39 is 23.3 Å². The van der Waals surface area contributed by atoms with Gasteiger partial charge >= 0.3 is 0 Å². The van der Waals surface area contributed by atoms with Crippen LogP contribution < -0.4 is 10.6 Å². The minimum atomic E-state index is -0.911. The van der Waals surface area contributed by atoms with Gasteiger partial charge in [0.05, 0.1) is 0 Å². The second-order valence-corrected chi connectivity index (χ2v) is 4.27. The Morgan fingerprint density at radius 2 is 1.57 bits per heavy atom. The van der Waals surface area contributed by atoms with Gasteiger partial charge in [0.1, 0.15) is 11.6 Å². The van der Waals surface area contributed by atoms with Crippen LogP contribution in [0.15, 0.2) is 24.3 Å². The molecular formula is C14H13F4N3. The highest BCUT2D eigenvalue weighted by Gasteiger charge is 2.12. The summed E-state index contributed by atoms with van der Waals surface area (Å²) in [6.07, 6.45) is 0. The minimum absolute atomic E-state index is 0.0190. The SMILES string of the molecule is CCNc1nc(NCc2cc(F)ccc2F)c(F)cc1F.